The first kappa shape index (κ1) is 17.8. The van der Waals surface area contributed by atoms with E-state index in [4.69, 9.17) is 0 Å². The molecule has 0 fully saturated rings. The molecular weight excluding hydrogens is 268 g/mol. The molecule has 0 aliphatic carbocycles. The zero-order valence-electron chi connectivity index (χ0n) is 14.0. The number of hydrogen-bond donors (Lipinski definition) is 1. The summed E-state index contributed by atoms with van der Waals surface area (Å²) < 4.78 is 2.18. The second-order valence-corrected chi connectivity index (χ2v) is 5.26. The molecule has 2 heteroatoms. The van der Waals surface area contributed by atoms with Gasteiger partial charge in [0.2, 0.25) is 0 Å². The fourth-order valence-corrected chi connectivity index (χ4v) is 2.75. The zero-order chi connectivity index (χ0) is 16.7. The summed E-state index contributed by atoms with van der Waals surface area (Å²) in [6.07, 6.45) is 10.7. The monoisotopic (exact) mass is 296 g/mol. The van der Waals surface area contributed by atoms with Crippen LogP contribution in [0.25, 0.3) is 25.3 Å². The Kier molecular flexibility index (Phi) is 6.71. The number of nitrogens with one attached hydrogen (secondary N) is 1. The molecule has 1 heterocycles. The van der Waals surface area contributed by atoms with Crippen molar-refractivity contribution in [3.63, 3.8) is 0 Å². The third kappa shape index (κ3) is 3.51. The first-order valence-electron chi connectivity index (χ1n) is 7.71. The van der Waals surface area contributed by atoms with Crippen LogP contribution in [0.5, 0.6) is 0 Å². The lowest BCUT2D eigenvalue weighted by atomic mass is 10.1. The van der Waals surface area contributed by atoms with E-state index in [1.165, 1.54) is 0 Å². The molecule has 1 N–H and O–H groups in total. The second-order valence-electron chi connectivity index (χ2n) is 5.26. The van der Waals surface area contributed by atoms with Crippen molar-refractivity contribution in [1.29, 1.82) is 0 Å². The Balaban J connectivity index is 3.72. The molecule has 118 valence electrons. The molecule has 0 bridgehead atoms. The van der Waals surface area contributed by atoms with Crippen molar-refractivity contribution in [2.75, 3.05) is 7.05 Å². The third-order valence-corrected chi connectivity index (χ3v) is 3.87. The maximum atomic E-state index is 4.29. The molecule has 0 spiro atoms. The Morgan fingerprint density at radius 2 is 1.86 bits per heavy atom. The minimum Gasteiger partial charge on any atom is -0.390 e. The van der Waals surface area contributed by atoms with Crippen molar-refractivity contribution in [2.45, 2.75) is 32.2 Å². The molecule has 0 aliphatic rings. The molecule has 0 aromatic carbocycles. The van der Waals surface area contributed by atoms with Gasteiger partial charge in [0.05, 0.1) is 6.04 Å². The van der Waals surface area contributed by atoms with Crippen LogP contribution in [0, 0.1) is 0 Å². The van der Waals surface area contributed by atoms with Gasteiger partial charge >= 0.3 is 0 Å². The van der Waals surface area contributed by atoms with Crippen LogP contribution in [-0.2, 0) is 0 Å². The van der Waals surface area contributed by atoms with Gasteiger partial charge in [-0.1, -0.05) is 57.5 Å². The number of allylic oxidation sites excluding steroid dienone is 3. The fraction of sp³-hybridized carbons (Fsp3) is 0.300. The number of nitrogens with zero attached hydrogens (tertiary/aromatic N) is 1. The van der Waals surface area contributed by atoms with E-state index in [2.05, 4.69) is 55.8 Å². The summed E-state index contributed by atoms with van der Waals surface area (Å²) >= 11 is 0. The molecule has 2 nitrogen and oxygen atoms in total. The molecule has 1 rings (SSSR count). The van der Waals surface area contributed by atoms with Gasteiger partial charge in [0, 0.05) is 33.9 Å². The highest BCUT2D eigenvalue weighted by Gasteiger charge is 2.15. The van der Waals surface area contributed by atoms with E-state index in [1.807, 2.05) is 19.2 Å². The highest BCUT2D eigenvalue weighted by atomic mass is 15.0. The lowest BCUT2D eigenvalue weighted by Gasteiger charge is -2.22. The van der Waals surface area contributed by atoms with Crippen molar-refractivity contribution in [1.82, 2.24) is 9.88 Å². The van der Waals surface area contributed by atoms with E-state index >= 15 is 0 Å². The fourth-order valence-electron chi connectivity index (χ4n) is 2.75. The van der Waals surface area contributed by atoms with Gasteiger partial charge in [-0.2, -0.15) is 0 Å². The quantitative estimate of drug-likeness (QED) is 0.723. The van der Waals surface area contributed by atoms with Crippen LogP contribution in [0.2, 0.25) is 0 Å². The number of hydrogen-bond acceptors (Lipinski definition) is 1. The molecule has 1 unspecified atom stereocenters. The van der Waals surface area contributed by atoms with Gasteiger partial charge in [0.25, 0.3) is 0 Å². The second kappa shape index (κ2) is 8.28. The molecule has 1 aromatic heterocycles. The standard InChI is InChI=1S/C20H28N2/c1-8-11-14-20(15(4)21-7)22-16(5)18(12-9-2)19(13-10-3)17(22)6/h8-9,12-13,20-21H,1-2,4-6,10-11,14H2,3,7H3/b18-12-,19-13-. The maximum Gasteiger partial charge on any atom is 0.0734 e. The first-order valence-corrected chi connectivity index (χ1v) is 7.71. The summed E-state index contributed by atoms with van der Waals surface area (Å²) in [4.78, 5) is 0. The summed E-state index contributed by atoms with van der Waals surface area (Å²) in [5, 5.41) is 7.34. The molecule has 1 atom stereocenters. The molecule has 0 radical (unpaired) electrons. The molecule has 0 aliphatic heterocycles. The molecule has 1 aromatic rings. The van der Waals surface area contributed by atoms with Crippen molar-refractivity contribution in [3.05, 3.63) is 58.7 Å². The number of likely N-dealkylation sites (N-methyl/N-ethyl adjacent to an activating group) is 1. The Hall–Kier alpha value is -2.22. The Bertz CT molecular complexity index is 762. The minimum absolute atomic E-state index is 0.110. The smallest absolute Gasteiger partial charge is 0.0734 e. The van der Waals surface area contributed by atoms with E-state index in [1.54, 1.807) is 6.08 Å². The molecule has 0 amide bonds. The van der Waals surface area contributed by atoms with Gasteiger partial charge in [0.1, 0.15) is 0 Å². The highest BCUT2D eigenvalue weighted by Crippen LogP contribution is 2.16. The normalized spacial score (nSPS) is 13.9. The first-order chi connectivity index (χ1) is 10.5. The largest absolute Gasteiger partial charge is 0.390 e. The van der Waals surface area contributed by atoms with Gasteiger partial charge in [-0.25, -0.2) is 0 Å². The average molecular weight is 296 g/mol. The predicted octanol–water partition coefficient (Wildman–Crippen LogP) is 1.71. The highest BCUT2D eigenvalue weighted by molar-refractivity contribution is 5.40. The number of rotatable bonds is 8. The summed E-state index contributed by atoms with van der Waals surface area (Å²) in [5.41, 5.74) is 0.958. The molecular formula is C20H28N2. The average Bonchev–Trinajstić information content (AvgIpc) is 2.73. The van der Waals surface area contributed by atoms with Crippen molar-refractivity contribution < 1.29 is 0 Å². The lowest BCUT2D eigenvalue weighted by molar-refractivity contribution is 0.496. The number of aromatic nitrogens is 1. The van der Waals surface area contributed by atoms with E-state index in [9.17, 15) is 0 Å². The van der Waals surface area contributed by atoms with Crippen molar-refractivity contribution in [2.24, 2.45) is 0 Å². The summed E-state index contributed by atoms with van der Waals surface area (Å²) in [6, 6.07) is 0.110. The summed E-state index contributed by atoms with van der Waals surface area (Å²) in [5.74, 6) is 0. The van der Waals surface area contributed by atoms with Crippen LogP contribution in [0.1, 0.15) is 32.2 Å². The maximum absolute atomic E-state index is 4.29. The molecule has 22 heavy (non-hydrogen) atoms. The Labute approximate surface area is 133 Å². The van der Waals surface area contributed by atoms with Gasteiger partial charge < -0.3 is 9.88 Å². The van der Waals surface area contributed by atoms with Crippen LogP contribution in [0.15, 0.2) is 37.6 Å². The van der Waals surface area contributed by atoms with Crippen molar-refractivity contribution >= 4 is 25.3 Å². The summed E-state index contributed by atoms with van der Waals surface area (Å²) in [6.45, 7) is 22.5. The van der Waals surface area contributed by atoms with Crippen LogP contribution in [0.4, 0.5) is 0 Å². The lowest BCUT2D eigenvalue weighted by Crippen LogP contribution is -2.36. The third-order valence-electron chi connectivity index (χ3n) is 3.87. The Morgan fingerprint density at radius 3 is 2.36 bits per heavy atom. The van der Waals surface area contributed by atoms with Crippen LogP contribution < -0.4 is 26.5 Å². The van der Waals surface area contributed by atoms with Gasteiger partial charge in [-0.3, -0.25) is 0 Å². The van der Waals surface area contributed by atoms with Gasteiger partial charge in [0.15, 0.2) is 0 Å². The zero-order valence-corrected chi connectivity index (χ0v) is 14.0. The SMILES string of the molecule is C=C/C=c1/c(=C)n(C(CCC=C)C(=C)NC)c(=C)/c1=C/CC. The van der Waals surface area contributed by atoms with E-state index < -0.39 is 0 Å². The van der Waals surface area contributed by atoms with Crippen LogP contribution in [-0.4, -0.2) is 11.6 Å². The van der Waals surface area contributed by atoms with E-state index in [0.717, 1.165) is 46.1 Å². The predicted molar refractivity (Wildman–Crippen MR) is 100 cm³/mol. The van der Waals surface area contributed by atoms with Crippen LogP contribution in [0.3, 0.4) is 0 Å². The van der Waals surface area contributed by atoms with Gasteiger partial charge in [-0.15, -0.1) is 6.58 Å². The minimum atomic E-state index is 0.110. The Morgan fingerprint density at radius 1 is 1.23 bits per heavy atom. The summed E-state index contributed by atoms with van der Waals surface area (Å²) in [7, 11) is 1.90. The van der Waals surface area contributed by atoms with E-state index in [0.29, 0.717) is 0 Å². The molecule has 0 saturated carbocycles. The van der Waals surface area contributed by atoms with Gasteiger partial charge in [-0.05, 0) is 19.3 Å². The van der Waals surface area contributed by atoms with E-state index in [-0.39, 0.29) is 6.04 Å². The van der Waals surface area contributed by atoms with Crippen LogP contribution >= 0.6 is 0 Å². The topological polar surface area (TPSA) is 17.0 Å². The van der Waals surface area contributed by atoms with Crippen molar-refractivity contribution in [3.8, 4) is 0 Å². The molecule has 0 saturated heterocycles.